The van der Waals surface area contributed by atoms with Crippen LogP contribution in [0.3, 0.4) is 0 Å². The Balaban J connectivity index is 1.77. The van der Waals surface area contributed by atoms with Crippen LogP contribution >= 0.6 is 23.2 Å². The number of nitrogens with zero attached hydrogens (tertiary/aromatic N) is 2. The number of benzene rings is 3. The fourth-order valence-corrected chi connectivity index (χ4v) is 5.19. The van der Waals surface area contributed by atoms with Crippen LogP contribution in [0.4, 0.5) is 0 Å². The van der Waals surface area contributed by atoms with Crippen LogP contribution < -0.4 is 15.0 Å². The molecule has 162 valence electrons. The van der Waals surface area contributed by atoms with E-state index in [0.717, 1.165) is 33.7 Å². The van der Waals surface area contributed by atoms with E-state index in [9.17, 15) is 4.79 Å². The Hall–Kier alpha value is -2.76. The van der Waals surface area contributed by atoms with E-state index in [0.29, 0.717) is 62.7 Å². The molecular formula is C25H20Cl2N2O3. The van der Waals surface area contributed by atoms with Crippen molar-refractivity contribution in [3.05, 3.63) is 55.8 Å². The molecule has 0 N–H and O–H groups in total. The van der Waals surface area contributed by atoms with Crippen molar-refractivity contribution in [1.29, 1.82) is 0 Å². The summed E-state index contributed by atoms with van der Waals surface area (Å²) in [5.41, 5.74) is 3.56. The van der Waals surface area contributed by atoms with Crippen LogP contribution in [-0.4, -0.2) is 22.6 Å². The maximum absolute atomic E-state index is 13.7. The van der Waals surface area contributed by atoms with Crippen molar-refractivity contribution in [3.8, 4) is 11.5 Å². The summed E-state index contributed by atoms with van der Waals surface area (Å²) in [6.07, 6.45) is 0.974. The maximum atomic E-state index is 13.7. The number of ether oxygens (including phenoxy) is 2. The summed E-state index contributed by atoms with van der Waals surface area (Å²) in [6.45, 7) is 7.20. The molecule has 5 aromatic rings. The van der Waals surface area contributed by atoms with Gasteiger partial charge in [-0.25, -0.2) is 4.98 Å². The highest BCUT2D eigenvalue weighted by Crippen LogP contribution is 2.41. The Bertz CT molecular complexity index is 1630. The molecule has 0 radical (unpaired) electrons. The highest BCUT2D eigenvalue weighted by molar-refractivity contribution is 6.37. The summed E-state index contributed by atoms with van der Waals surface area (Å²) in [5.74, 6) is 1.61. The number of aromatic nitrogens is 2. The van der Waals surface area contributed by atoms with Crippen LogP contribution in [0.5, 0.6) is 11.5 Å². The van der Waals surface area contributed by atoms with Gasteiger partial charge in [-0.05, 0) is 48.9 Å². The molecule has 32 heavy (non-hydrogen) atoms. The Morgan fingerprint density at radius 3 is 2.25 bits per heavy atom. The third kappa shape index (κ3) is 2.58. The second-order valence-corrected chi connectivity index (χ2v) is 9.39. The minimum absolute atomic E-state index is 0.162. The van der Waals surface area contributed by atoms with Gasteiger partial charge < -0.3 is 9.47 Å². The van der Waals surface area contributed by atoms with Crippen LogP contribution in [-0.2, 0) is 0 Å². The van der Waals surface area contributed by atoms with E-state index in [2.05, 4.69) is 6.92 Å². The van der Waals surface area contributed by atoms with Crippen molar-refractivity contribution in [2.75, 3.05) is 13.2 Å². The second kappa shape index (κ2) is 6.87. The quantitative estimate of drug-likeness (QED) is 0.290. The molecule has 1 aliphatic heterocycles. The minimum atomic E-state index is -0.162. The SMILES string of the molecule is CCC1COc2cc3nc4c5cc(Cl)c(C)c6c(C)c(Cl)cc(c(=O)n4c3cc2OC1)c65. The van der Waals surface area contributed by atoms with Gasteiger partial charge in [0.15, 0.2) is 11.5 Å². The third-order valence-corrected chi connectivity index (χ3v) is 7.50. The first-order valence-corrected chi connectivity index (χ1v) is 11.4. The Kier molecular flexibility index (Phi) is 4.27. The molecule has 5 nitrogen and oxygen atoms in total. The molecule has 1 aliphatic rings. The van der Waals surface area contributed by atoms with E-state index in [1.54, 1.807) is 10.5 Å². The molecule has 6 rings (SSSR count). The zero-order valence-corrected chi connectivity index (χ0v) is 19.4. The third-order valence-electron chi connectivity index (χ3n) is 6.72. The van der Waals surface area contributed by atoms with Gasteiger partial charge in [-0.3, -0.25) is 9.20 Å². The largest absolute Gasteiger partial charge is 0.489 e. The molecule has 0 spiro atoms. The lowest BCUT2D eigenvalue weighted by atomic mass is 9.95. The van der Waals surface area contributed by atoms with Gasteiger partial charge in [-0.15, -0.1) is 0 Å². The van der Waals surface area contributed by atoms with Gasteiger partial charge in [0.25, 0.3) is 5.56 Å². The molecule has 0 saturated heterocycles. The molecule has 0 amide bonds. The number of rotatable bonds is 1. The molecule has 3 heterocycles. The molecule has 0 fully saturated rings. The normalized spacial score (nSPS) is 16.5. The molecule has 1 atom stereocenters. The molecule has 7 heteroatoms. The van der Waals surface area contributed by atoms with Crippen molar-refractivity contribution in [3.63, 3.8) is 0 Å². The van der Waals surface area contributed by atoms with Gasteiger partial charge in [-0.1, -0.05) is 30.1 Å². The number of imidazole rings is 1. The molecule has 3 aromatic carbocycles. The summed E-state index contributed by atoms with van der Waals surface area (Å²) in [6, 6.07) is 7.36. The monoisotopic (exact) mass is 466 g/mol. The van der Waals surface area contributed by atoms with Crippen molar-refractivity contribution in [2.45, 2.75) is 27.2 Å². The fourth-order valence-electron chi connectivity index (χ4n) is 4.79. The lowest BCUT2D eigenvalue weighted by Gasteiger charge is -2.14. The van der Waals surface area contributed by atoms with Crippen molar-refractivity contribution in [1.82, 2.24) is 9.38 Å². The van der Waals surface area contributed by atoms with Crippen molar-refractivity contribution in [2.24, 2.45) is 5.92 Å². The number of halogens is 2. The van der Waals surface area contributed by atoms with Gasteiger partial charge >= 0.3 is 0 Å². The van der Waals surface area contributed by atoms with Gasteiger partial charge in [0.05, 0.1) is 29.6 Å². The van der Waals surface area contributed by atoms with Crippen LogP contribution in [0, 0.1) is 19.8 Å². The van der Waals surface area contributed by atoms with E-state index >= 15 is 0 Å². The highest BCUT2D eigenvalue weighted by Gasteiger charge is 2.23. The lowest BCUT2D eigenvalue weighted by Crippen LogP contribution is -2.15. The summed E-state index contributed by atoms with van der Waals surface area (Å²) in [4.78, 5) is 18.6. The van der Waals surface area contributed by atoms with Gasteiger partial charge in [0.2, 0.25) is 0 Å². The number of pyridine rings is 1. The average Bonchev–Trinajstić information content (AvgIpc) is 3.02. The van der Waals surface area contributed by atoms with E-state index < -0.39 is 0 Å². The molecule has 0 bridgehead atoms. The fraction of sp³-hybridized carbons (Fsp3) is 0.280. The topological polar surface area (TPSA) is 52.8 Å². The van der Waals surface area contributed by atoms with E-state index in [-0.39, 0.29) is 5.56 Å². The Labute approximate surface area is 193 Å². The van der Waals surface area contributed by atoms with Gasteiger partial charge in [-0.2, -0.15) is 0 Å². The number of aryl methyl sites for hydroxylation is 2. The Morgan fingerprint density at radius 2 is 1.59 bits per heavy atom. The second-order valence-electron chi connectivity index (χ2n) is 8.57. The van der Waals surface area contributed by atoms with Gasteiger partial charge in [0.1, 0.15) is 5.65 Å². The highest BCUT2D eigenvalue weighted by atomic mass is 35.5. The Morgan fingerprint density at radius 1 is 0.969 bits per heavy atom. The lowest BCUT2D eigenvalue weighted by molar-refractivity contribution is 0.210. The van der Waals surface area contributed by atoms with Crippen molar-refractivity contribution < 1.29 is 9.47 Å². The van der Waals surface area contributed by atoms with Crippen molar-refractivity contribution >= 4 is 61.4 Å². The first kappa shape index (κ1) is 19.9. The van der Waals surface area contributed by atoms with Gasteiger partial charge in [0, 0.05) is 38.9 Å². The van der Waals surface area contributed by atoms with Crippen LogP contribution in [0.25, 0.3) is 38.2 Å². The standard InChI is InChI=1S/C25H20Cl2N2O3/c1-4-13-9-31-20-7-18-19(8-21(20)32-10-13)29-24(28-18)14-5-16(26)11(2)22-12(3)17(27)6-15(23(14)22)25(29)30/h5-8,13H,4,9-10H2,1-3H3. The van der Waals surface area contributed by atoms with Crippen LogP contribution in [0.15, 0.2) is 29.1 Å². The maximum Gasteiger partial charge on any atom is 0.264 e. The number of hydrogen-bond donors (Lipinski definition) is 0. The molecule has 0 aliphatic carbocycles. The number of hydrogen-bond acceptors (Lipinski definition) is 4. The summed E-state index contributed by atoms with van der Waals surface area (Å²) in [5, 5.41) is 4.29. The number of fused-ring (bicyclic) bond motifs is 5. The molecule has 1 unspecified atom stereocenters. The average molecular weight is 467 g/mol. The van der Waals surface area contributed by atoms with Crippen LogP contribution in [0.1, 0.15) is 24.5 Å². The van der Waals surface area contributed by atoms with E-state index in [1.165, 1.54) is 0 Å². The summed E-state index contributed by atoms with van der Waals surface area (Å²) >= 11 is 13.2. The smallest absolute Gasteiger partial charge is 0.264 e. The zero-order chi connectivity index (χ0) is 22.3. The summed E-state index contributed by atoms with van der Waals surface area (Å²) in [7, 11) is 0. The first-order chi connectivity index (χ1) is 15.4. The predicted molar refractivity (Wildman–Crippen MR) is 129 cm³/mol. The summed E-state index contributed by atoms with van der Waals surface area (Å²) < 4.78 is 13.7. The molecule has 0 saturated carbocycles. The minimum Gasteiger partial charge on any atom is -0.489 e. The molecular weight excluding hydrogens is 447 g/mol. The van der Waals surface area contributed by atoms with Crippen LogP contribution in [0.2, 0.25) is 10.0 Å². The van der Waals surface area contributed by atoms with E-state index in [1.807, 2.05) is 32.0 Å². The zero-order valence-electron chi connectivity index (χ0n) is 17.9. The first-order valence-electron chi connectivity index (χ1n) is 10.7. The predicted octanol–water partition coefficient (Wildman–Crippen LogP) is 6.31. The molecule has 2 aromatic heterocycles. The van der Waals surface area contributed by atoms with E-state index in [4.69, 9.17) is 37.7 Å².